The second kappa shape index (κ2) is 5.23. The Labute approximate surface area is 106 Å². The van der Waals surface area contributed by atoms with Crippen LogP contribution in [0.5, 0.6) is 0 Å². The van der Waals surface area contributed by atoms with Gasteiger partial charge in [-0.1, -0.05) is 18.2 Å². The molecule has 0 radical (unpaired) electrons. The molecule has 0 bridgehead atoms. The zero-order valence-electron chi connectivity index (χ0n) is 10.7. The minimum atomic E-state index is -0.932. The summed E-state index contributed by atoms with van der Waals surface area (Å²) < 4.78 is 0. The van der Waals surface area contributed by atoms with Gasteiger partial charge in [-0.2, -0.15) is 0 Å². The lowest BCUT2D eigenvalue weighted by atomic mass is 10.1. The quantitative estimate of drug-likeness (QED) is 0.860. The molecule has 1 aromatic carbocycles. The number of carbonyl (C=O) groups excluding carboxylic acids is 1. The maximum absolute atomic E-state index is 11.5. The van der Waals surface area contributed by atoms with Crippen molar-refractivity contribution < 1.29 is 9.90 Å². The van der Waals surface area contributed by atoms with Crippen LogP contribution >= 0.6 is 0 Å². The van der Waals surface area contributed by atoms with Crippen LogP contribution in [0.2, 0.25) is 0 Å². The summed E-state index contributed by atoms with van der Waals surface area (Å²) in [6.45, 7) is 2.09. The maximum Gasteiger partial charge on any atom is 0.250 e. The van der Waals surface area contributed by atoms with Crippen molar-refractivity contribution >= 4 is 16.8 Å². The Morgan fingerprint density at radius 2 is 2.17 bits per heavy atom. The standard InChI is InChI=1S/C14H18N2O2/c1-10(17)14(18)16(2)8-7-11-9-15-13-6-4-3-5-12(11)13/h3-6,9-10,15,17H,7-8H2,1-2H3. The van der Waals surface area contributed by atoms with Gasteiger partial charge in [-0.05, 0) is 25.0 Å². The van der Waals surface area contributed by atoms with Gasteiger partial charge in [0.2, 0.25) is 0 Å². The molecule has 1 unspecified atom stereocenters. The van der Waals surface area contributed by atoms with Crippen molar-refractivity contribution in [2.75, 3.05) is 13.6 Å². The third kappa shape index (κ3) is 2.54. The summed E-state index contributed by atoms with van der Waals surface area (Å²) in [6.07, 6.45) is 1.82. The van der Waals surface area contributed by atoms with Crippen LogP contribution in [-0.2, 0) is 11.2 Å². The number of aliphatic hydroxyl groups excluding tert-OH is 1. The third-order valence-corrected chi connectivity index (χ3v) is 3.13. The van der Waals surface area contributed by atoms with Crippen LogP contribution in [0.1, 0.15) is 12.5 Å². The largest absolute Gasteiger partial charge is 0.384 e. The molecule has 1 heterocycles. The first-order valence-electron chi connectivity index (χ1n) is 6.07. The summed E-state index contributed by atoms with van der Waals surface area (Å²) >= 11 is 0. The van der Waals surface area contributed by atoms with Gasteiger partial charge in [0.15, 0.2) is 0 Å². The average Bonchev–Trinajstić information content (AvgIpc) is 2.78. The molecule has 18 heavy (non-hydrogen) atoms. The van der Waals surface area contributed by atoms with Crippen molar-refractivity contribution in [1.82, 2.24) is 9.88 Å². The SMILES string of the molecule is CC(O)C(=O)N(C)CCc1c[nH]c2ccccc12. The van der Waals surface area contributed by atoms with Crippen molar-refractivity contribution in [1.29, 1.82) is 0 Å². The van der Waals surface area contributed by atoms with Gasteiger partial charge in [-0.3, -0.25) is 4.79 Å². The highest BCUT2D eigenvalue weighted by Gasteiger charge is 2.14. The van der Waals surface area contributed by atoms with E-state index < -0.39 is 6.10 Å². The highest BCUT2D eigenvalue weighted by molar-refractivity contribution is 5.83. The zero-order valence-corrected chi connectivity index (χ0v) is 10.7. The molecule has 0 saturated carbocycles. The minimum absolute atomic E-state index is 0.241. The summed E-state index contributed by atoms with van der Waals surface area (Å²) in [4.78, 5) is 16.3. The number of hydrogen-bond acceptors (Lipinski definition) is 2. The fraction of sp³-hybridized carbons (Fsp3) is 0.357. The van der Waals surface area contributed by atoms with E-state index in [2.05, 4.69) is 11.1 Å². The number of nitrogens with zero attached hydrogens (tertiary/aromatic N) is 1. The molecule has 1 atom stereocenters. The number of aromatic nitrogens is 1. The van der Waals surface area contributed by atoms with Gasteiger partial charge in [0, 0.05) is 30.7 Å². The molecule has 2 aromatic rings. The molecule has 0 aliphatic heterocycles. The summed E-state index contributed by atoms with van der Waals surface area (Å²) in [7, 11) is 1.71. The Kier molecular flexibility index (Phi) is 3.67. The summed E-state index contributed by atoms with van der Waals surface area (Å²) in [5.74, 6) is -0.241. The third-order valence-electron chi connectivity index (χ3n) is 3.13. The number of H-pyrrole nitrogens is 1. The normalized spacial score (nSPS) is 12.6. The number of benzene rings is 1. The smallest absolute Gasteiger partial charge is 0.250 e. The monoisotopic (exact) mass is 246 g/mol. The molecular weight excluding hydrogens is 228 g/mol. The Morgan fingerprint density at radius 1 is 1.44 bits per heavy atom. The predicted octanol–water partition coefficient (Wildman–Crippen LogP) is 1.55. The lowest BCUT2D eigenvalue weighted by molar-refractivity contribution is -0.137. The maximum atomic E-state index is 11.5. The van der Waals surface area contributed by atoms with Crippen molar-refractivity contribution in [3.63, 3.8) is 0 Å². The molecule has 2 rings (SSSR count). The van der Waals surface area contributed by atoms with Crippen molar-refractivity contribution in [2.24, 2.45) is 0 Å². The van der Waals surface area contributed by atoms with E-state index in [9.17, 15) is 9.90 Å². The molecule has 0 spiro atoms. The van der Waals surface area contributed by atoms with Crippen LogP contribution in [0.25, 0.3) is 10.9 Å². The van der Waals surface area contributed by atoms with Gasteiger partial charge in [0.25, 0.3) is 5.91 Å². The predicted molar refractivity (Wildman–Crippen MR) is 71.3 cm³/mol. The Bertz CT molecular complexity index is 545. The van der Waals surface area contributed by atoms with Crippen LogP contribution in [-0.4, -0.2) is 40.6 Å². The number of aromatic amines is 1. The van der Waals surface area contributed by atoms with E-state index in [0.29, 0.717) is 6.54 Å². The lowest BCUT2D eigenvalue weighted by Gasteiger charge is -2.18. The molecule has 0 aliphatic rings. The number of likely N-dealkylation sites (N-methyl/N-ethyl adjacent to an activating group) is 1. The minimum Gasteiger partial charge on any atom is -0.384 e. The fourth-order valence-corrected chi connectivity index (χ4v) is 2.06. The van der Waals surface area contributed by atoms with Crippen molar-refractivity contribution in [3.05, 3.63) is 36.0 Å². The number of rotatable bonds is 4. The van der Waals surface area contributed by atoms with Gasteiger partial charge in [0.1, 0.15) is 6.10 Å². The van der Waals surface area contributed by atoms with Gasteiger partial charge in [-0.15, -0.1) is 0 Å². The Morgan fingerprint density at radius 3 is 2.89 bits per heavy atom. The van der Waals surface area contributed by atoms with E-state index in [1.165, 1.54) is 17.9 Å². The van der Waals surface area contributed by atoms with Crippen LogP contribution in [0.15, 0.2) is 30.5 Å². The van der Waals surface area contributed by atoms with E-state index in [4.69, 9.17) is 0 Å². The van der Waals surface area contributed by atoms with Crippen LogP contribution in [0.4, 0.5) is 0 Å². The second-order valence-electron chi connectivity index (χ2n) is 4.55. The molecule has 4 heteroatoms. The highest BCUT2D eigenvalue weighted by atomic mass is 16.3. The summed E-state index contributed by atoms with van der Waals surface area (Å²) in [6, 6.07) is 8.09. The topological polar surface area (TPSA) is 56.3 Å². The van der Waals surface area contributed by atoms with E-state index in [1.54, 1.807) is 11.9 Å². The van der Waals surface area contributed by atoms with Crippen molar-refractivity contribution in [2.45, 2.75) is 19.4 Å². The lowest BCUT2D eigenvalue weighted by Crippen LogP contribution is -2.35. The van der Waals surface area contributed by atoms with E-state index in [1.807, 2.05) is 24.4 Å². The average molecular weight is 246 g/mol. The second-order valence-corrected chi connectivity index (χ2v) is 4.55. The van der Waals surface area contributed by atoms with Crippen molar-refractivity contribution in [3.8, 4) is 0 Å². The Balaban J connectivity index is 2.04. The first kappa shape index (κ1) is 12.6. The van der Waals surface area contributed by atoms with Crippen LogP contribution < -0.4 is 0 Å². The first-order valence-corrected chi connectivity index (χ1v) is 6.07. The van der Waals surface area contributed by atoms with Crippen LogP contribution in [0, 0.1) is 0 Å². The number of aliphatic hydroxyl groups is 1. The molecule has 96 valence electrons. The van der Waals surface area contributed by atoms with Gasteiger partial charge in [-0.25, -0.2) is 0 Å². The van der Waals surface area contributed by atoms with Gasteiger partial charge >= 0.3 is 0 Å². The molecule has 0 saturated heterocycles. The molecule has 1 amide bonds. The molecule has 4 nitrogen and oxygen atoms in total. The number of fused-ring (bicyclic) bond motifs is 1. The number of carbonyl (C=O) groups is 1. The van der Waals surface area contributed by atoms with E-state index >= 15 is 0 Å². The summed E-state index contributed by atoms with van der Waals surface area (Å²) in [5, 5.41) is 10.4. The van der Waals surface area contributed by atoms with Crippen LogP contribution in [0.3, 0.4) is 0 Å². The number of hydrogen-bond donors (Lipinski definition) is 2. The summed E-state index contributed by atoms with van der Waals surface area (Å²) in [5.41, 5.74) is 2.30. The molecular formula is C14H18N2O2. The Hall–Kier alpha value is -1.81. The zero-order chi connectivity index (χ0) is 13.1. The molecule has 1 aromatic heterocycles. The fourth-order valence-electron chi connectivity index (χ4n) is 2.06. The number of nitrogens with one attached hydrogen (secondary N) is 1. The number of para-hydroxylation sites is 1. The number of amides is 1. The van der Waals surface area contributed by atoms with E-state index in [-0.39, 0.29) is 5.91 Å². The molecule has 0 fully saturated rings. The molecule has 0 aliphatic carbocycles. The van der Waals surface area contributed by atoms with Gasteiger partial charge in [0.05, 0.1) is 0 Å². The first-order chi connectivity index (χ1) is 8.59. The van der Waals surface area contributed by atoms with Gasteiger partial charge < -0.3 is 15.0 Å². The molecule has 2 N–H and O–H groups in total. The van der Waals surface area contributed by atoms with E-state index in [0.717, 1.165) is 11.9 Å². The highest BCUT2D eigenvalue weighted by Crippen LogP contribution is 2.18.